The van der Waals surface area contributed by atoms with Crippen LogP contribution >= 0.6 is 0 Å². The van der Waals surface area contributed by atoms with Gasteiger partial charge in [-0.15, -0.1) is 0 Å². The van der Waals surface area contributed by atoms with E-state index in [4.69, 9.17) is 5.73 Å². The van der Waals surface area contributed by atoms with Crippen LogP contribution in [0.3, 0.4) is 0 Å². The first-order valence-electron chi connectivity index (χ1n) is 12.9. The fraction of sp³-hybridized carbons (Fsp3) is 0.300. The lowest BCUT2D eigenvalue weighted by Crippen LogP contribution is -2.30. The molecule has 0 aliphatic rings. The molecule has 38 heavy (non-hydrogen) atoms. The van der Waals surface area contributed by atoms with Gasteiger partial charge in [0.15, 0.2) is 0 Å². The Labute approximate surface area is 222 Å². The lowest BCUT2D eigenvalue weighted by molar-refractivity contribution is 0.262. The van der Waals surface area contributed by atoms with E-state index in [1.165, 1.54) is 0 Å². The van der Waals surface area contributed by atoms with Crippen molar-refractivity contribution >= 4 is 28.4 Å². The third kappa shape index (κ3) is 5.40. The maximum absolute atomic E-state index is 13.9. The standard InChI is InChI=1S/C30H35N5O3/c1-18(2)22-11-6-12-23(19(3)4)26(22)33-30(38)34-27-25(20-9-5-10-21(36)17-20)24-13-7-15-32-28(24)35(29(27)37)16-8-14-31/h5-7,9-13,15,17-19,36H,8,14,16,31H2,1-4H3,(H2,33,34,38). The van der Waals surface area contributed by atoms with Crippen molar-refractivity contribution in [2.45, 2.75) is 52.5 Å². The van der Waals surface area contributed by atoms with Crippen LogP contribution in [0.2, 0.25) is 0 Å². The fourth-order valence-corrected chi connectivity index (χ4v) is 4.77. The molecule has 0 spiro atoms. The normalized spacial score (nSPS) is 11.3. The van der Waals surface area contributed by atoms with Gasteiger partial charge in [0, 0.05) is 29.4 Å². The largest absolute Gasteiger partial charge is 0.508 e. The predicted molar refractivity (Wildman–Crippen MR) is 154 cm³/mol. The number of phenols is 1. The smallest absolute Gasteiger partial charge is 0.323 e. The Balaban J connectivity index is 1.89. The zero-order valence-electron chi connectivity index (χ0n) is 22.3. The quantitative estimate of drug-likeness (QED) is 0.230. The highest BCUT2D eigenvalue weighted by Gasteiger charge is 2.22. The number of aryl methyl sites for hydroxylation is 1. The Hall–Kier alpha value is -4.17. The lowest BCUT2D eigenvalue weighted by Gasteiger charge is -2.21. The topological polar surface area (TPSA) is 122 Å². The van der Waals surface area contributed by atoms with Crippen molar-refractivity contribution in [1.82, 2.24) is 9.55 Å². The Morgan fingerprint density at radius 3 is 2.26 bits per heavy atom. The van der Waals surface area contributed by atoms with E-state index >= 15 is 0 Å². The summed E-state index contributed by atoms with van der Waals surface area (Å²) < 4.78 is 1.55. The van der Waals surface area contributed by atoms with Gasteiger partial charge in [0.1, 0.15) is 17.1 Å². The number of hydrogen-bond acceptors (Lipinski definition) is 5. The number of carbonyl (C=O) groups is 1. The number of benzene rings is 2. The second kappa shape index (κ2) is 11.5. The fourth-order valence-electron chi connectivity index (χ4n) is 4.77. The van der Waals surface area contributed by atoms with Crippen LogP contribution in [0.5, 0.6) is 5.75 Å². The van der Waals surface area contributed by atoms with Crippen molar-refractivity contribution in [2.24, 2.45) is 5.73 Å². The van der Waals surface area contributed by atoms with E-state index in [1.54, 1.807) is 41.1 Å². The van der Waals surface area contributed by atoms with Crippen LogP contribution in [-0.4, -0.2) is 27.2 Å². The minimum Gasteiger partial charge on any atom is -0.508 e. The van der Waals surface area contributed by atoms with Gasteiger partial charge in [0.2, 0.25) is 0 Å². The number of nitrogens with two attached hydrogens (primary N) is 1. The number of pyridine rings is 2. The number of aromatic hydroxyl groups is 1. The number of hydrogen-bond donors (Lipinski definition) is 4. The molecule has 5 N–H and O–H groups in total. The molecule has 0 radical (unpaired) electrons. The molecule has 0 unspecified atom stereocenters. The van der Waals surface area contributed by atoms with Gasteiger partial charge in [-0.3, -0.25) is 9.36 Å². The Morgan fingerprint density at radius 1 is 0.974 bits per heavy atom. The summed E-state index contributed by atoms with van der Waals surface area (Å²) in [4.78, 5) is 31.9. The summed E-state index contributed by atoms with van der Waals surface area (Å²) in [5.41, 5.74) is 9.82. The number of amides is 2. The van der Waals surface area contributed by atoms with Crippen molar-refractivity contribution < 1.29 is 9.90 Å². The summed E-state index contributed by atoms with van der Waals surface area (Å²) in [6.07, 6.45) is 2.20. The van der Waals surface area contributed by atoms with Gasteiger partial charge in [-0.1, -0.05) is 58.0 Å². The molecule has 8 nitrogen and oxygen atoms in total. The molecule has 2 aromatic heterocycles. The zero-order chi connectivity index (χ0) is 27.4. The zero-order valence-corrected chi connectivity index (χ0v) is 22.3. The molecule has 2 amide bonds. The molecule has 0 saturated heterocycles. The number of urea groups is 1. The van der Waals surface area contributed by atoms with Gasteiger partial charge in [-0.05, 0) is 65.8 Å². The highest BCUT2D eigenvalue weighted by Crippen LogP contribution is 2.35. The predicted octanol–water partition coefficient (Wildman–Crippen LogP) is 6.01. The van der Waals surface area contributed by atoms with E-state index in [0.717, 1.165) is 16.8 Å². The van der Waals surface area contributed by atoms with Crippen LogP contribution in [0.25, 0.3) is 22.2 Å². The number of rotatable bonds is 8. The van der Waals surface area contributed by atoms with E-state index in [-0.39, 0.29) is 28.8 Å². The molecule has 0 fully saturated rings. The Bertz CT molecular complexity index is 1500. The molecule has 4 rings (SSSR count). The maximum atomic E-state index is 13.9. The summed E-state index contributed by atoms with van der Waals surface area (Å²) >= 11 is 0. The van der Waals surface area contributed by atoms with E-state index in [1.807, 2.05) is 24.3 Å². The highest BCUT2D eigenvalue weighted by atomic mass is 16.3. The SMILES string of the molecule is CC(C)c1cccc(C(C)C)c1NC(=O)Nc1c(-c2cccc(O)c2)c2cccnc2n(CCCN)c1=O. The Morgan fingerprint density at radius 2 is 1.63 bits per heavy atom. The summed E-state index contributed by atoms with van der Waals surface area (Å²) in [5.74, 6) is 0.425. The molecule has 198 valence electrons. The molecule has 0 atom stereocenters. The summed E-state index contributed by atoms with van der Waals surface area (Å²) in [6, 6.07) is 15.7. The average Bonchev–Trinajstić information content (AvgIpc) is 2.88. The first-order valence-corrected chi connectivity index (χ1v) is 12.9. The molecular weight excluding hydrogens is 478 g/mol. The summed E-state index contributed by atoms with van der Waals surface area (Å²) in [7, 11) is 0. The third-order valence-corrected chi connectivity index (χ3v) is 6.59. The van der Waals surface area contributed by atoms with E-state index < -0.39 is 6.03 Å². The van der Waals surface area contributed by atoms with Crippen molar-refractivity contribution in [1.29, 1.82) is 0 Å². The van der Waals surface area contributed by atoms with E-state index in [0.29, 0.717) is 41.7 Å². The van der Waals surface area contributed by atoms with Gasteiger partial charge >= 0.3 is 6.03 Å². The minimum atomic E-state index is -0.521. The van der Waals surface area contributed by atoms with Crippen molar-refractivity contribution in [2.75, 3.05) is 17.2 Å². The van der Waals surface area contributed by atoms with Gasteiger partial charge in [0.25, 0.3) is 5.56 Å². The summed E-state index contributed by atoms with van der Waals surface area (Å²) in [6.45, 7) is 9.07. The number of phenolic OH excluding ortho intramolecular Hbond substituents is 1. The van der Waals surface area contributed by atoms with Gasteiger partial charge in [-0.25, -0.2) is 9.78 Å². The van der Waals surface area contributed by atoms with E-state index in [2.05, 4.69) is 43.3 Å². The molecule has 2 heterocycles. The van der Waals surface area contributed by atoms with Crippen LogP contribution in [0.4, 0.5) is 16.2 Å². The van der Waals surface area contributed by atoms with Crippen molar-refractivity contribution in [3.05, 3.63) is 82.3 Å². The average molecular weight is 514 g/mol. The highest BCUT2D eigenvalue weighted by molar-refractivity contribution is 6.07. The first-order chi connectivity index (χ1) is 18.2. The lowest BCUT2D eigenvalue weighted by atomic mass is 9.93. The molecular formula is C30H35N5O3. The van der Waals surface area contributed by atoms with Crippen LogP contribution in [0.1, 0.15) is 57.1 Å². The van der Waals surface area contributed by atoms with Gasteiger partial charge in [-0.2, -0.15) is 0 Å². The molecule has 0 saturated carbocycles. The van der Waals surface area contributed by atoms with Crippen LogP contribution in [0, 0.1) is 0 Å². The number of para-hydroxylation sites is 1. The number of aromatic nitrogens is 2. The number of nitrogens with one attached hydrogen (secondary N) is 2. The molecule has 0 aliphatic carbocycles. The van der Waals surface area contributed by atoms with Gasteiger partial charge < -0.3 is 21.5 Å². The van der Waals surface area contributed by atoms with Crippen molar-refractivity contribution in [3.8, 4) is 16.9 Å². The second-order valence-corrected chi connectivity index (χ2v) is 9.97. The number of anilines is 2. The third-order valence-electron chi connectivity index (χ3n) is 6.59. The second-order valence-electron chi connectivity index (χ2n) is 9.97. The molecule has 8 heteroatoms. The minimum absolute atomic E-state index is 0.0506. The van der Waals surface area contributed by atoms with Crippen LogP contribution in [0.15, 0.2) is 65.6 Å². The van der Waals surface area contributed by atoms with Crippen LogP contribution < -0.4 is 21.9 Å². The molecule has 0 bridgehead atoms. The number of fused-ring (bicyclic) bond motifs is 1. The molecule has 4 aromatic rings. The van der Waals surface area contributed by atoms with Crippen LogP contribution in [-0.2, 0) is 6.54 Å². The number of nitrogens with zero attached hydrogens (tertiary/aromatic N) is 2. The molecule has 2 aromatic carbocycles. The molecule has 0 aliphatic heterocycles. The summed E-state index contributed by atoms with van der Waals surface area (Å²) in [5, 5.41) is 16.8. The monoisotopic (exact) mass is 513 g/mol. The number of carbonyl (C=O) groups excluding carboxylic acids is 1. The Kier molecular flexibility index (Phi) is 8.12. The maximum Gasteiger partial charge on any atom is 0.323 e. The van der Waals surface area contributed by atoms with Gasteiger partial charge in [0.05, 0.1) is 0 Å². The van der Waals surface area contributed by atoms with E-state index in [9.17, 15) is 14.7 Å². The first kappa shape index (κ1) is 26.9. The van der Waals surface area contributed by atoms with Crippen molar-refractivity contribution in [3.63, 3.8) is 0 Å².